The molecule has 2 heterocycles. The molecular formula is C25H26ClN3O3. The number of halogens is 1. The summed E-state index contributed by atoms with van der Waals surface area (Å²) in [6.45, 7) is 9.58. The minimum atomic E-state index is -0.769. The summed E-state index contributed by atoms with van der Waals surface area (Å²) in [5.41, 5.74) is 3.03. The summed E-state index contributed by atoms with van der Waals surface area (Å²) in [6, 6.07) is 11.6. The number of nitrogens with one attached hydrogen (secondary N) is 1. The summed E-state index contributed by atoms with van der Waals surface area (Å²) in [4.78, 5) is 41.3. The van der Waals surface area contributed by atoms with Crippen LogP contribution >= 0.6 is 11.6 Å². The van der Waals surface area contributed by atoms with Crippen molar-refractivity contribution in [2.75, 3.05) is 16.3 Å². The van der Waals surface area contributed by atoms with Gasteiger partial charge in [0.05, 0.1) is 5.69 Å². The number of imide groups is 2. The molecule has 1 unspecified atom stereocenters. The number of barbiturate groups is 1. The number of benzene rings is 2. The van der Waals surface area contributed by atoms with E-state index < -0.39 is 17.8 Å². The Balaban J connectivity index is 1.78. The molecule has 1 atom stereocenters. The third kappa shape index (κ3) is 3.69. The summed E-state index contributed by atoms with van der Waals surface area (Å²) in [6.07, 6.45) is 2.45. The number of carbonyl (C=O) groups is 3. The van der Waals surface area contributed by atoms with Gasteiger partial charge < -0.3 is 4.90 Å². The van der Waals surface area contributed by atoms with Crippen LogP contribution in [0, 0.1) is 0 Å². The van der Waals surface area contributed by atoms with Gasteiger partial charge in [-0.2, -0.15) is 0 Å². The van der Waals surface area contributed by atoms with Gasteiger partial charge in [-0.25, -0.2) is 9.69 Å². The van der Waals surface area contributed by atoms with E-state index in [0.717, 1.165) is 29.1 Å². The van der Waals surface area contributed by atoms with Crippen LogP contribution in [0.15, 0.2) is 48.0 Å². The monoisotopic (exact) mass is 451 g/mol. The molecule has 166 valence electrons. The molecule has 1 saturated heterocycles. The number of nitrogens with zero attached hydrogens (tertiary/aromatic N) is 2. The lowest BCUT2D eigenvalue weighted by Gasteiger charge is -2.47. The van der Waals surface area contributed by atoms with Crippen LogP contribution in [0.25, 0.3) is 6.08 Å². The summed E-state index contributed by atoms with van der Waals surface area (Å²) >= 11 is 6.63. The maximum absolute atomic E-state index is 13.1. The number of urea groups is 1. The van der Waals surface area contributed by atoms with E-state index in [1.54, 1.807) is 30.3 Å². The van der Waals surface area contributed by atoms with E-state index in [1.807, 2.05) is 12.1 Å². The molecule has 1 fully saturated rings. The summed E-state index contributed by atoms with van der Waals surface area (Å²) in [7, 11) is 0. The highest BCUT2D eigenvalue weighted by molar-refractivity contribution is 6.40. The molecule has 7 heteroatoms. The molecule has 2 aromatic rings. The highest BCUT2D eigenvalue weighted by atomic mass is 35.5. The molecule has 4 amide bonds. The fourth-order valence-electron chi connectivity index (χ4n) is 4.85. The van der Waals surface area contributed by atoms with Crippen LogP contribution in [0.2, 0.25) is 5.02 Å². The van der Waals surface area contributed by atoms with E-state index in [2.05, 4.69) is 37.9 Å². The van der Waals surface area contributed by atoms with Crippen molar-refractivity contribution in [1.29, 1.82) is 0 Å². The van der Waals surface area contributed by atoms with Crippen LogP contribution < -0.4 is 15.1 Å². The smallest absolute Gasteiger partial charge is 0.335 e. The molecule has 0 radical (unpaired) electrons. The van der Waals surface area contributed by atoms with E-state index in [4.69, 9.17) is 11.6 Å². The van der Waals surface area contributed by atoms with Gasteiger partial charge in [0.15, 0.2) is 0 Å². The second-order valence-electron chi connectivity index (χ2n) is 8.89. The van der Waals surface area contributed by atoms with Gasteiger partial charge in [-0.15, -0.1) is 0 Å². The van der Waals surface area contributed by atoms with Gasteiger partial charge in [-0.3, -0.25) is 14.9 Å². The minimum Gasteiger partial charge on any atom is -0.366 e. The first kappa shape index (κ1) is 22.1. The van der Waals surface area contributed by atoms with Crippen molar-refractivity contribution in [3.8, 4) is 0 Å². The van der Waals surface area contributed by atoms with E-state index in [1.165, 1.54) is 6.08 Å². The standard InChI is InChI=1S/C25H26ClN3O3/c1-5-28-21-13-20(26)16(11-18(21)15(2)14-25(28,3)4)12-19-22(30)27-24(32)29(23(19)31)17-9-7-6-8-10-17/h6-13,15H,5,14H2,1-4H3,(H,27,30,32)/b19-12-. The average Bonchev–Trinajstić information content (AvgIpc) is 2.72. The van der Waals surface area contributed by atoms with Crippen LogP contribution in [-0.2, 0) is 9.59 Å². The van der Waals surface area contributed by atoms with Crippen molar-refractivity contribution in [1.82, 2.24) is 5.32 Å². The summed E-state index contributed by atoms with van der Waals surface area (Å²) in [5, 5.41) is 2.70. The SMILES string of the molecule is CCN1c2cc(Cl)c(/C=C3/C(=O)NC(=O)N(c4ccccc4)C3=O)cc2C(C)CC1(C)C. The van der Waals surface area contributed by atoms with Gasteiger partial charge in [0.1, 0.15) is 5.57 Å². The Hall–Kier alpha value is -3.12. The van der Waals surface area contributed by atoms with Crippen molar-refractivity contribution in [2.45, 2.75) is 45.6 Å². The van der Waals surface area contributed by atoms with Crippen LogP contribution in [0.1, 0.15) is 51.2 Å². The lowest BCUT2D eigenvalue weighted by Crippen LogP contribution is -2.54. The second-order valence-corrected chi connectivity index (χ2v) is 9.30. The largest absolute Gasteiger partial charge is 0.366 e. The van der Waals surface area contributed by atoms with E-state index in [0.29, 0.717) is 16.3 Å². The molecule has 6 nitrogen and oxygen atoms in total. The first-order valence-electron chi connectivity index (χ1n) is 10.7. The highest BCUT2D eigenvalue weighted by Crippen LogP contribution is 2.45. The Morgan fingerprint density at radius 1 is 1.16 bits per heavy atom. The molecule has 32 heavy (non-hydrogen) atoms. The minimum absolute atomic E-state index is 0.000243. The molecule has 0 aliphatic carbocycles. The van der Waals surface area contributed by atoms with Crippen LogP contribution in [-0.4, -0.2) is 29.9 Å². The van der Waals surface area contributed by atoms with E-state index >= 15 is 0 Å². The number of para-hydroxylation sites is 1. The molecule has 0 saturated carbocycles. The van der Waals surface area contributed by atoms with Crippen molar-refractivity contribution < 1.29 is 14.4 Å². The Morgan fingerprint density at radius 3 is 2.50 bits per heavy atom. The Labute approximate surface area is 192 Å². The lowest BCUT2D eigenvalue weighted by atomic mass is 9.79. The number of carbonyl (C=O) groups excluding carboxylic acids is 3. The third-order valence-electron chi connectivity index (χ3n) is 6.24. The molecule has 0 spiro atoms. The molecule has 4 rings (SSSR count). The van der Waals surface area contributed by atoms with Crippen molar-refractivity contribution in [3.05, 3.63) is 64.2 Å². The zero-order chi connectivity index (χ0) is 23.2. The maximum Gasteiger partial charge on any atom is 0.335 e. The first-order chi connectivity index (χ1) is 15.1. The van der Waals surface area contributed by atoms with Gasteiger partial charge in [-0.1, -0.05) is 36.7 Å². The summed E-state index contributed by atoms with van der Waals surface area (Å²) < 4.78 is 0. The topological polar surface area (TPSA) is 69.7 Å². The Bertz CT molecular complexity index is 1140. The molecule has 2 aromatic carbocycles. The Morgan fingerprint density at radius 2 is 1.84 bits per heavy atom. The maximum atomic E-state index is 13.1. The normalized spacial score (nSPS) is 21.6. The zero-order valence-electron chi connectivity index (χ0n) is 18.6. The van der Waals surface area contributed by atoms with Crippen LogP contribution in [0.4, 0.5) is 16.2 Å². The lowest BCUT2D eigenvalue weighted by molar-refractivity contribution is -0.122. The van der Waals surface area contributed by atoms with Crippen molar-refractivity contribution in [3.63, 3.8) is 0 Å². The van der Waals surface area contributed by atoms with Crippen molar-refractivity contribution in [2.24, 2.45) is 0 Å². The molecule has 0 aromatic heterocycles. The second kappa shape index (κ2) is 8.10. The van der Waals surface area contributed by atoms with Gasteiger partial charge in [0.25, 0.3) is 11.8 Å². The van der Waals surface area contributed by atoms with Crippen LogP contribution in [0.5, 0.6) is 0 Å². The molecule has 1 N–H and O–H groups in total. The molecule has 2 aliphatic rings. The van der Waals surface area contributed by atoms with Gasteiger partial charge in [0.2, 0.25) is 0 Å². The molecular weight excluding hydrogens is 426 g/mol. The number of fused-ring (bicyclic) bond motifs is 1. The van der Waals surface area contributed by atoms with Gasteiger partial charge in [-0.05, 0) is 74.6 Å². The van der Waals surface area contributed by atoms with Crippen molar-refractivity contribution >= 4 is 46.9 Å². The average molecular weight is 452 g/mol. The fraction of sp³-hybridized carbons (Fsp3) is 0.320. The number of rotatable bonds is 3. The first-order valence-corrected chi connectivity index (χ1v) is 11.1. The summed E-state index contributed by atoms with van der Waals surface area (Å²) in [5.74, 6) is -1.12. The third-order valence-corrected chi connectivity index (χ3v) is 6.56. The molecule has 2 aliphatic heterocycles. The number of anilines is 2. The zero-order valence-corrected chi connectivity index (χ0v) is 19.4. The quantitative estimate of drug-likeness (QED) is 0.519. The van der Waals surface area contributed by atoms with Gasteiger partial charge in [0, 0.05) is 22.8 Å². The predicted molar refractivity (Wildman–Crippen MR) is 127 cm³/mol. The number of hydrogen-bond acceptors (Lipinski definition) is 4. The fourth-order valence-corrected chi connectivity index (χ4v) is 5.07. The number of hydrogen-bond donors (Lipinski definition) is 1. The highest BCUT2D eigenvalue weighted by Gasteiger charge is 2.38. The van der Waals surface area contributed by atoms with E-state index in [9.17, 15) is 14.4 Å². The van der Waals surface area contributed by atoms with Gasteiger partial charge >= 0.3 is 6.03 Å². The van der Waals surface area contributed by atoms with Crippen LogP contribution in [0.3, 0.4) is 0 Å². The Kier molecular flexibility index (Phi) is 5.59. The molecule has 0 bridgehead atoms. The number of amides is 4. The van der Waals surface area contributed by atoms with E-state index in [-0.39, 0.29) is 17.0 Å². The predicted octanol–water partition coefficient (Wildman–Crippen LogP) is 5.12.